The van der Waals surface area contributed by atoms with Crippen molar-refractivity contribution in [2.45, 2.75) is 13.8 Å². The highest BCUT2D eigenvalue weighted by molar-refractivity contribution is 6.04. The Bertz CT molecular complexity index is 1580. The van der Waals surface area contributed by atoms with Crippen LogP contribution in [0, 0.1) is 13.8 Å². The van der Waals surface area contributed by atoms with Crippen LogP contribution in [0.4, 0.5) is 5.82 Å². The van der Waals surface area contributed by atoms with E-state index in [4.69, 9.17) is 0 Å². The minimum Gasteiger partial charge on any atom is -0.388 e. The summed E-state index contributed by atoms with van der Waals surface area (Å²) in [7, 11) is 5.02. The van der Waals surface area contributed by atoms with Crippen LogP contribution in [-0.2, 0) is 16.6 Å². The SMILES string of the molecule is COC.Cc1cccc(-n2c(=O)n(C)c3cnc4ccc(-c5ccc(NC=O)nc5)cc4c32)c1C. The number of carbonyl (C=O) groups is 1. The summed E-state index contributed by atoms with van der Waals surface area (Å²) >= 11 is 0. The summed E-state index contributed by atoms with van der Waals surface area (Å²) < 4.78 is 7.67. The van der Waals surface area contributed by atoms with E-state index in [-0.39, 0.29) is 5.69 Å². The highest BCUT2D eigenvalue weighted by Crippen LogP contribution is 2.30. The minimum absolute atomic E-state index is 0.112. The Labute approximate surface area is 202 Å². The number of ether oxygens (including phenoxy) is 1. The Balaban J connectivity index is 0.000000917. The van der Waals surface area contributed by atoms with Gasteiger partial charge in [0.25, 0.3) is 0 Å². The number of pyridine rings is 2. The standard InChI is InChI=1S/C25H21N5O2.C2H6O/c1-15-5-4-6-21(16(15)2)30-24-19-11-17(18-8-10-23(27-12-18)28-14-31)7-9-20(19)26-13-22(24)29(3)25(30)32;1-3-2/h4-14H,1-3H3,(H,27,28,31);1-2H3. The van der Waals surface area contributed by atoms with E-state index in [1.54, 1.807) is 48.9 Å². The Kier molecular flexibility index (Phi) is 6.75. The van der Waals surface area contributed by atoms with Gasteiger partial charge in [-0.3, -0.25) is 18.9 Å². The third kappa shape index (κ3) is 4.31. The normalized spacial score (nSPS) is 10.8. The minimum atomic E-state index is -0.112. The molecule has 0 atom stereocenters. The van der Waals surface area contributed by atoms with Gasteiger partial charge in [-0.05, 0) is 60.9 Å². The highest BCUT2D eigenvalue weighted by atomic mass is 16.4. The fraction of sp³-hybridized carbons (Fsp3) is 0.185. The first-order valence-electron chi connectivity index (χ1n) is 11.0. The number of benzene rings is 2. The third-order valence-electron chi connectivity index (χ3n) is 6.00. The summed E-state index contributed by atoms with van der Waals surface area (Å²) in [5.74, 6) is 0.486. The molecule has 0 spiro atoms. The molecular formula is C27H27N5O3. The highest BCUT2D eigenvalue weighted by Gasteiger charge is 2.18. The summed E-state index contributed by atoms with van der Waals surface area (Å²) in [5, 5.41) is 3.42. The number of methoxy groups -OCH3 is 1. The monoisotopic (exact) mass is 469 g/mol. The second-order valence-corrected chi connectivity index (χ2v) is 8.22. The Morgan fingerprint density at radius 3 is 2.40 bits per heavy atom. The fourth-order valence-electron chi connectivity index (χ4n) is 4.09. The van der Waals surface area contributed by atoms with Gasteiger partial charge in [-0.2, -0.15) is 0 Å². The number of rotatable bonds is 4. The molecule has 0 bridgehead atoms. The molecule has 8 nitrogen and oxygen atoms in total. The van der Waals surface area contributed by atoms with Crippen LogP contribution in [0.3, 0.4) is 0 Å². The molecule has 0 saturated carbocycles. The molecule has 0 radical (unpaired) electrons. The lowest BCUT2D eigenvalue weighted by Gasteiger charge is -2.11. The van der Waals surface area contributed by atoms with Crippen molar-refractivity contribution in [3.8, 4) is 16.8 Å². The van der Waals surface area contributed by atoms with E-state index >= 15 is 0 Å². The first kappa shape index (κ1) is 23.8. The lowest BCUT2D eigenvalue weighted by molar-refractivity contribution is -0.105. The second kappa shape index (κ2) is 9.90. The molecular weight excluding hydrogens is 442 g/mol. The van der Waals surface area contributed by atoms with Crippen molar-refractivity contribution in [3.05, 3.63) is 82.5 Å². The van der Waals surface area contributed by atoms with Crippen LogP contribution in [-0.4, -0.2) is 39.7 Å². The number of fused-ring (bicyclic) bond motifs is 3. The van der Waals surface area contributed by atoms with Crippen LogP contribution in [0.1, 0.15) is 11.1 Å². The summed E-state index contributed by atoms with van der Waals surface area (Å²) in [5.41, 5.74) is 7.18. The molecule has 1 amide bonds. The molecule has 178 valence electrons. The van der Waals surface area contributed by atoms with Crippen molar-refractivity contribution in [2.24, 2.45) is 7.05 Å². The topological polar surface area (TPSA) is 91.0 Å². The number of anilines is 1. The van der Waals surface area contributed by atoms with E-state index in [1.807, 2.05) is 56.3 Å². The number of hydrogen-bond acceptors (Lipinski definition) is 5. The van der Waals surface area contributed by atoms with Crippen LogP contribution < -0.4 is 11.0 Å². The van der Waals surface area contributed by atoms with Crippen LogP contribution in [0.25, 0.3) is 38.8 Å². The van der Waals surface area contributed by atoms with Gasteiger partial charge in [0.2, 0.25) is 6.41 Å². The molecule has 0 aliphatic heterocycles. The van der Waals surface area contributed by atoms with Crippen molar-refractivity contribution >= 4 is 34.2 Å². The Hall–Kier alpha value is -4.30. The smallest absolute Gasteiger partial charge is 0.333 e. The quantitative estimate of drug-likeness (QED) is 0.394. The number of nitrogens with zero attached hydrogens (tertiary/aromatic N) is 4. The molecule has 1 N–H and O–H groups in total. The number of aryl methyl sites for hydroxylation is 2. The largest absolute Gasteiger partial charge is 0.388 e. The summed E-state index contributed by atoms with van der Waals surface area (Å²) in [4.78, 5) is 32.8. The molecule has 0 unspecified atom stereocenters. The zero-order chi connectivity index (χ0) is 25.1. The van der Waals surface area contributed by atoms with Gasteiger partial charge in [0.1, 0.15) is 5.82 Å². The molecule has 5 aromatic rings. The predicted molar refractivity (Wildman–Crippen MR) is 139 cm³/mol. The summed E-state index contributed by atoms with van der Waals surface area (Å²) in [6, 6.07) is 15.6. The number of hydrogen-bond donors (Lipinski definition) is 1. The Morgan fingerprint density at radius 2 is 1.71 bits per heavy atom. The molecule has 0 aliphatic carbocycles. The van der Waals surface area contributed by atoms with Crippen LogP contribution in [0.2, 0.25) is 0 Å². The molecule has 0 aliphatic rings. The van der Waals surface area contributed by atoms with Gasteiger partial charge >= 0.3 is 5.69 Å². The van der Waals surface area contributed by atoms with Gasteiger partial charge in [-0.25, -0.2) is 9.78 Å². The average Bonchev–Trinajstić information content (AvgIpc) is 3.12. The maximum atomic E-state index is 13.3. The molecule has 5 rings (SSSR count). The van der Waals surface area contributed by atoms with E-state index < -0.39 is 0 Å². The van der Waals surface area contributed by atoms with Crippen LogP contribution in [0.5, 0.6) is 0 Å². The van der Waals surface area contributed by atoms with Crippen LogP contribution in [0.15, 0.2) is 65.7 Å². The van der Waals surface area contributed by atoms with Gasteiger partial charge in [-0.1, -0.05) is 18.2 Å². The molecule has 3 aromatic heterocycles. The maximum Gasteiger partial charge on any atom is 0.333 e. The number of aromatic nitrogens is 4. The molecule has 2 aromatic carbocycles. The van der Waals surface area contributed by atoms with E-state index in [0.717, 1.165) is 49.9 Å². The van der Waals surface area contributed by atoms with Crippen molar-refractivity contribution in [3.63, 3.8) is 0 Å². The van der Waals surface area contributed by atoms with Gasteiger partial charge in [0, 0.05) is 38.4 Å². The summed E-state index contributed by atoms with van der Waals surface area (Å²) in [6.45, 7) is 4.08. The average molecular weight is 470 g/mol. The predicted octanol–water partition coefficient (Wildman–Crippen LogP) is 4.39. The Morgan fingerprint density at radius 1 is 0.971 bits per heavy atom. The molecule has 3 heterocycles. The van der Waals surface area contributed by atoms with E-state index in [1.165, 1.54) is 0 Å². The lowest BCUT2D eigenvalue weighted by Crippen LogP contribution is -2.21. The first-order chi connectivity index (χ1) is 16.9. The van der Waals surface area contributed by atoms with Gasteiger partial charge < -0.3 is 10.1 Å². The second-order valence-electron chi connectivity index (χ2n) is 8.22. The van der Waals surface area contributed by atoms with Crippen molar-refractivity contribution in [2.75, 3.05) is 19.5 Å². The molecule has 35 heavy (non-hydrogen) atoms. The fourth-order valence-corrected chi connectivity index (χ4v) is 4.09. The molecule has 8 heteroatoms. The zero-order valence-corrected chi connectivity index (χ0v) is 20.4. The van der Waals surface area contributed by atoms with Crippen LogP contribution >= 0.6 is 0 Å². The number of imidazole rings is 1. The number of nitrogens with one attached hydrogen (secondary N) is 1. The molecule has 0 fully saturated rings. The first-order valence-corrected chi connectivity index (χ1v) is 11.0. The zero-order valence-electron chi connectivity index (χ0n) is 20.4. The van der Waals surface area contributed by atoms with Gasteiger partial charge in [0.05, 0.1) is 28.4 Å². The summed E-state index contributed by atoms with van der Waals surface area (Å²) in [6.07, 6.45) is 4.06. The van der Waals surface area contributed by atoms with E-state index in [0.29, 0.717) is 12.2 Å². The van der Waals surface area contributed by atoms with E-state index in [9.17, 15) is 9.59 Å². The van der Waals surface area contributed by atoms with Crippen molar-refractivity contribution < 1.29 is 9.53 Å². The number of carbonyl (C=O) groups excluding carboxylic acids is 1. The van der Waals surface area contributed by atoms with Crippen molar-refractivity contribution in [1.82, 2.24) is 19.1 Å². The molecule has 0 saturated heterocycles. The van der Waals surface area contributed by atoms with Gasteiger partial charge in [-0.15, -0.1) is 0 Å². The van der Waals surface area contributed by atoms with E-state index in [2.05, 4.69) is 20.0 Å². The number of amides is 1. The van der Waals surface area contributed by atoms with Crippen molar-refractivity contribution in [1.29, 1.82) is 0 Å². The maximum absolute atomic E-state index is 13.3. The van der Waals surface area contributed by atoms with Gasteiger partial charge in [0.15, 0.2) is 0 Å². The third-order valence-corrected chi connectivity index (χ3v) is 6.00. The lowest BCUT2D eigenvalue weighted by atomic mass is 10.0.